The molecule has 2 heterocycles. The van der Waals surface area contributed by atoms with Gasteiger partial charge in [-0.25, -0.2) is 4.98 Å². The van der Waals surface area contributed by atoms with Crippen LogP contribution < -0.4 is 4.90 Å². The monoisotopic (exact) mass is 433 g/mol. The first kappa shape index (κ1) is 20.6. The lowest BCUT2D eigenvalue weighted by Gasteiger charge is -2.20. The second-order valence-corrected chi connectivity index (χ2v) is 9.46. The standard InChI is InChI=1S/C24H23N3OS2/c1-4-29-20-9-5-8-19(13-20)23(28)27(15-18-7-6-10-25-14-18)24-26-21-11-16(2)17(3)12-22(21)30-24/h5-14H,4,15H2,1-3H3. The van der Waals surface area contributed by atoms with Crippen molar-refractivity contribution in [2.45, 2.75) is 32.2 Å². The quantitative estimate of drug-likeness (QED) is 0.336. The lowest BCUT2D eigenvalue weighted by molar-refractivity contribution is 0.0985. The van der Waals surface area contributed by atoms with Crippen LogP contribution in [-0.4, -0.2) is 21.6 Å². The van der Waals surface area contributed by atoms with Crippen molar-refractivity contribution in [2.24, 2.45) is 0 Å². The Morgan fingerprint density at radius 2 is 1.93 bits per heavy atom. The lowest BCUT2D eigenvalue weighted by Crippen LogP contribution is -2.30. The van der Waals surface area contributed by atoms with Crippen LogP contribution in [0.25, 0.3) is 10.2 Å². The summed E-state index contributed by atoms with van der Waals surface area (Å²) in [4.78, 5) is 25.5. The molecule has 0 atom stereocenters. The second-order valence-electron chi connectivity index (χ2n) is 7.11. The molecule has 4 rings (SSSR count). The second kappa shape index (κ2) is 8.98. The van der Waals surface area contributed by atoms with Crippen LogP contribution >= 0.6 is 23.1 Å². The molecule has 0 aliphatic carbocycles. The molecule has 30 heavy (non-hydrogen) atoms. The summed E-state index contributed by atoms with van der Waals surface area (Å²) in [5, 5.41) is 0.706. The van der Waals surface area contributed by atoms with Crippen molar-refractivity contribution in [1.82, 2.24) is 9.97 Å². The Bertz CT molecular complexity index is 1150. The number of thioether (sulfide) groups is 1. The van der Waals surface area contributed by atoms with Gasteiger partial charge in [0.25, 0.3) is 5.91 Å². The number of pyridine rings is 1. The molecule has 0 unspecified atom stereocenters. The maximum atomic E-state index is 13.6. The predicted octanol–water partition coefficient (Wildman–Crippen LogP) is 6.27. The lowest BCUT2D eigenvalue weighted by atomic mass is 10.1. The third kappa shape index (κ3) is 4.40. The molecule has 0 saturated carbocycles. The Kier molecular flexibility index (Phi) is 6.16. The van der Waals surface area contributed by atoms with E-state index >= 15 is 0 Å². The van der Waals surface area contributed by atoms with Gasteiger partial charge in [0.15, 0.2) is 5.13 Å². The van der Waals surface area contributed by atoms with Crippen LogP contribution in [0, 0.1) is 13.8 Å². The first-order valence-corrected chi connectivity index (χ1v) is 11.7. The number of aryl methyl sites for hydroxylation is 2. The Labute approximate surface area is 185 Å². The number of rotatable bonds is 6. The third-order valence-electron chi connectivity index (χ3n) is 4.92. The summed E-state index contributed by atoms with van der Waals surface area (Å²) in [5.74, 6) is 0.915. The molecule has 0 N–H and O–H groups in total. The van der Waals surface area contributed by atoms with Gasteiger partial charge in [0.05, 0.1) is 16.8 Å². The van der Waals surface area contributed by atoms with Gasteiger partial charge < -0.3 is 0 Å². The molecule has 2 aromatic heterocycles. The van der Waals surface area contributed by atoms with Crippen molar-refractivity contribution < 1.29 is 4.79 Å². The summed E-state index contributed by atoms with van der Waals surface area (Å²) >= 11 is 3.28. The van der Waals surface area contributed by atoms with E-state index in [-0.39, 0.29) is 5.91 Å². The third-order valence-corrected chi connectivity index (χ3v) is 6.84. The van der Waals surface area contributed by atoms with E-state index < -0.39 is 0 Å². The summed E-state index contributed by atoms with van der Waals surface area (Å²) in [6.07, 6.45) is 3.54. The van der Waals surface area contributed by atoms with E-state index in [4.69, 9.17) is 4.98 Å². The van der Waals surface area contributed by atoms with Gasteiger partial charge in [-0.3, -0.25) is 14.7 Å². The molecule has 0 radical (unpaired) electrons. The number of nitrogens with zero attached hydrogens (tertiary/aromatic N) is 3. The molecule has 0 saturated heterocycles. The van der Waals surface area contributed by atoms with Crippen LogP contribution in [0.2, 0.25) is 0 Å². The summed E-state index contributed by atoms with van der Waals surface area (Å²) in [6.45, 7) is 6.72. The van der Waals surface area contributed by atoms with Crippen LogP contribution in [0.1, 0.15) is 34.0 Å². The van der Waals surface area contributed by atoms with Gasteiger partial charge in [-0.1, -0.05) is 30.4 Å². The molecule has 4 aromatic rings. The SMILES string of the molecule is CCSc1cccc(C(=O)N(Cc2cccnc2)c2nc3cc(C)c(C)cc3s2)c1. The zero-order valence-corrected chi connectivity index (χ0v) is 18.9. The molecule has 0 aliphatic rings. The minimum absolute atomic E-state index is 0.0510. The highest BCUT2D eigenvalue weighted by atomic mass is 32.2. The van der Waals surface area contributed by atoms with Crippen molar-refractivity contribution in [3.63, 3.8) is 0 Å². The van der Waals surface area contributed by atoms with E-state index in [0.29, 0.717) is 17.2 Å². The summed E-state index contributed by atoms with van der Waals surface area (Å²) in [6, 6.07) is 15.9. The highest BCUT2D eigenvalue weighted by Crippen LogP contribution is 2.33. The number of benzene rings is 2. The van der Waals surface area contributed by atoms with Gasteiger partial charge >= 0.3 is 0 Å². The fourth-order valence-electron chi connectivity index (χ4n) is 3.23. The predicted molar refractivity (Wildman–Crippen MR) is 127 cm³/mol. The Morgan fingerprint density at radius 3 is 2.70 bits per heavy atom. The first-order chi connectivity index (χ1) is 14.5. The summed E-state index contributed by atoms with van der Waals surface area (Å²) in [7, 11) is 0. The van der Waals surface area contributed by atoms with Crippen molar-refractivity contribution >= 4 is 44.4 Å². The largest absolute Gasteiger partial charge is 0.279 e. The smallest absolute Gasteiger partial charge is 0.260 e. The molecular formula is C24H23N3OS2. The van der Waals surface area contributed by atoms with Crippen molar-refractivity contribution in [1.29, 1.82) is 0 Å². The molecule has 152 valence electrons. The number of carbonyl (C=O) groups excluding carboxylic acids is 1. The molecule has 4 nitrogen and oxygen atoms in total. The van der Waals surface area contributed by atoms with Gasteiger partial charge in [-0.15, -0.1) is 11.8 Å². The van der Waals surface area contributed by atoms with Crippen molar-refractivity contribution in [2.75, 3.05) is 10.7 Å². The van der Waals surface area contributed by atoms with E-state index in [2.05, 4.69) is 37.9 Å². The number of hydrogen-bond acceptors (Lipinski definition) is 5. The number of hydrogen-bond donors (Lipinski definition) is 0. The number of anilines is 1. The summed E-state index contributed by atoms with van der Waals surface area (Å²) in [5.41, 5.74) is 5.00. The average molecular weight is 434 g/mol. The maximum Gasteiger partial charge on any atom is 0.260 e. The Hall–Kier alpha value is -2.70. The Balaban J connectivity index is 1.76. The van der Waals surface area contributed by atoms with Crippen molar-refractivity contribution in [3.05, 3.63) is 83.2 Å². The van der Waals surface area contributed by atoms with Crippen LogP contribution in [0.15, 0.2) is 65.8 Å². The van der Waals surface area contributed by atoms with E-state index in [1.807, 2.05) is 36.4 Å². The first-order valence-electron chi connectivity index (χ1n) is 9.86. The minimum atomic E-state index is -0.0510. The zero-order chi connectivity index (χ0) is 21.1. The molecule has 1 amide bonds. The molecule has 0 fully saturated rings. The van der Waals surface area contributed by atoms with E-state index in [0.717, 1.165) is 26.4 Å². The molecule has 0 aliphatic heterocycles. The fraction of sp³-hybridized carbons (Fsp3) is 0.208. The van der Waals surface area contributed by atoms with Crippen LogP contribution in [0.3, 0.4) is 0 Å². The number of amides is 1. The van der Waals surface area contributed by atoms with Gasteiger partial charge in [-0.2, -0.15) is 0 Å². The molecule has 0 spiro atoms. The highest BCUT2D eigenvalue weighted by molar-refractivity contribution is 7.99. The van der Waals surface area contributed by atoms with E-state index in [9.17, 15) is 4.79 Å². The zero-order valence-electron chi connectivity index (χ0n) is 17.3. The average Bonchev–Trinajstić information content (AvgIpc) is 3.15. The number of carbonyl (C=O) groups is 1. The van der Waals surface area contributed by atoms with Crippen LogP contribution in [0.5, 0.6) is 0 Å². The molecular weight excluding hydrogens is 410 g/mol. The van der Waals surface area contributed by atoms with E-state index in [1.165, 1.54) is 11.1 Å². The maximum absolute atomic E-state index is 13.6. The topological polar surface area (TPSA) is 46.1 Å². The van der Waals surface area contributed by atoms with Gasteiger partial charge in [0, 0.05) is 22.9 Å². The highest BCUT2D eigenvalue weighted by Gasteiger charge is 2.22. The normalized spacial score (nSPS) is 11.0. The van der Waals surface area contributed by atoms with Gasteiger partial charge in [-0.05, 0) is 72.7 Å². The van der Waals surface area contributed by atoms with Gasteiger partial charge in [0.2, 0.25) is 0 Å². The minimum Gasteiger partial charge on any atom is -0.279 e. The van der Waals surface area contributed by atoms with Crippen LogP contribution in [0.4, 0.5) is 5.13 Å². The Morgan fingerprint density at radius 1 is 1.10 bits per heavy atom. The van der Waals surface area contributed by atoms with E-state index in [1.54, 1.807) is 40.4 Å². The molecule has 6 heteroatoms. The fourth-order valence-corrected chi connectivity index (χ4v) is 4.99. The number of aromatic nitrogens is 2. The van der Waals surface area contributed by atoms with Crippen molar-refractivity contribution in [3.8, 4) is 0 Å². The summed E-state index contributed by atoms with van der Waals surface area (Å²) < 4.78 is 1.09. The molecule has 2 aromatic carbocycles. The number of fused-ring (bicyclic) bond motifs is 1. The number of thiazole rings is 1. The van der Waals surface area contributed by atoms with Crippen LogP contribution in [-0.2, 0) is 6.54 Å². The van der Waals surface area contributed by atoms with Gasteiger partial charge in [0.1, 0.15) is 0 Å². The molecule has 0 bridgehead atoms.